The molecule has 3 nitrogen and oxygen atoms in total. The number of anilines is 2. The maximum absolute atomic E-state index is 5.75. The van der Waals surface area contributed by atoms with Gasteiger partial charge in [-0.05, 0) is 40.9 Å². The van der Waals surface area contributed by atoms with Crippen LogP contribution in [-0.4, -0.2) is 9.97 Å². The molecule has 0 fully saturated rings. The zero-order valence-electron chi connectivity index (χ0n) is 10.6. The maximum atomic E-state index is 5.75. The van der Waals surface area contributed by atoms with Crippen LogP contribution in [0.25, 0.3) is 11.1 Å². The van der Waals surface area contributed by atoms with Gasteiger partial charge in [-0.25, -0.2) is 9.97 Å². The largest absolute Gasteiger partial charge is 0.340 e. The van der Waals surface area contributed by atoms with Gasteiger partial charge in [0.25, 0.3) is 0 Å². The van der Waals surface area contributed by atoms with Crippen LogP contribution < -0.4 is 5.32 Å². The minimum absolute atomic E-state index is 0.232. The van der Waals surface area contributed by atoms with E-state index >= 15 is 0 Å². The number of nitrogens with zero attached hydrogens (tertiary/aromatic N) is 2. The van der Waals surface area contributed by atoms with Gasteiger partial charge in [-0.1, -0.05) is 42.5 Å². The summed E-state index contributed by atoms with van der Waals surface area (Å²) in [6.45, 7) is 0. The first-order valence-electron chi connectivity index (χ1n) is 6.22. The van der Waals surface area contributed by atoms with Crippen LogP contribution in [0, 0.1) is 0 Å². The Hall–Kier alpha value is -2.39. The van der Waals surface area contributed by atoms with Crippen LogP contribution in [0.15, 0.2) is 66.9 Å². The van der Waals surface area contributed by atoms with E-state index in [0.717, 1.165) is 5.69 Å². The lowest BCUT2D eigenvalue weighted by atomic mass is 10.1. The summed E-state index contributed by atoms with van der Waals surface area (Å²) < 4.78 is 0. The van der Waals surface area contributed by atoms with E-state index in [1.54, 1.807) is 12.3 Å². The highest BCUT2D eigenvalue weighted by molar-refractivity contribution is 6.28. The number of halogens is 1. The summed E-state index contributed by atoms with van der Waals surface area (Å²) in [5, 5.41) is 3.42. The number of hydrogen-bond donors (Lipinski definition) is 1. The van der Waals surface area contributed by atoms with E-state index in [1.807, 2.05) is 30.3 Å². The zero-order valence-corrected chi connectivity index (χ0v) is 11.4. The summed E-state index contributed by atoms with van der Waals surface area (Å²) in [5.74, 6) is 0.678. The van der Waals surface area contributed by atoms with Gasteiger partial charge in [0.1, 0.15) is 5.82 Å². The molecule has 4 heteroatoms. The molecule has 0 spiro atoms. The third-order valence-corrected chi connectivity index (χ3v) is 3.07. The fourth-order valence-corrected chi connectivity index (χ4v) is 2.08. The average molecular weight is 282 g/mol. The Kier molecular flexibility index (Phi) is 3.61. The standard InChI is InChI=1S/C16H12ClN3/c17-16-18-11-10-15(20-16)19-14-8-6-13(7-9-14)12-4-2-1-3-5-12/h1-11H,(H,18,19,20). The lowest BCUT2D eigenvalue weighted by molar-refractivity contribution is 1.17. The van der Waals surface area contributed by atoms with Gasteiger partial charge in [0.2, 0.25) is 5.28 Å². The maximum Gasteiger partial charge on any atom is 0.224 e. The van der Waals surface area contributed by atoms with Crippen molar-refractivity contribution in [3.63, 3.8) is 0 Å². The van der Waals surface area contributed by atoms with Crippen LogP contribution >= 0.6 is 11.6 Å². The number of nitrogens with one attached hydrogen (secondary N) is 1. The summed E-state index contributed by atoms with van der Waals surface area (Å²) in [7, 11) is 0. The van der Waals surface area contributed by atoms with Crippen LogP contribution in [0.3, 0.4) is 0 Å². The first-order chi connectivity index (χ1) is 9.81. The summed E-state index contributed by atoms with van der Waals surface area (Å²) in [4.78, 5) is 7.94. The molecule has 0 bridgehead atoms. The predicted molar refractivity (Wildman–Crippen MR) is 82.2 cm³/mol. The highest BCUT2D eigenvalue weighted by Gasteiger charge is 1.99. The molecule has 3 aromatic rings. The Labute approximate surface area is 122 Å². The Balaban J connectivity index is 1.80. The van der Waals surface area contributed by atoms with Crippen molar-refractivity contribution in [1.82, 2.24) is 9.97 Å². The minimum atomic E-state index is 0.232. The highest BCUT2D eigenvalue weighted by Crippen LogP contribution is 2.22. The van der Waals surface area contributed by atoms with Crippen molar-refractivity contribution >= 4 is 23.1 Å². The molecule has 0 amide bonds. The summed E-state index contributed by atoms with van der Waals surface area (Å²) in [6, 6.07) is 20.2. The van der Waals surface area contributed by atoms with E-state index < -0.39 is 0 Å². The average Bonchev–Trinajstić information content (AvgIpc) is 2.49. The van der Waals surface area contributed by atoms with Crippen LogP contribution in [-0.2, 0) is 0 Å². The Morgan fingerprint density at radius 3 is 2.20 bits per heavy atom. The van der Waals surface area contributed by atoms with Crippen molar-refractivity contribution in [3.05, 3.63) is 72.1 Å². The van der Waals surface area contributed by atoms with Crippen LogP contribution in [0.5, 0.6) is 0 Å². The molecule has 1 aromatic heterocycles. The van der Waals surface area contributed by atoms with Gasteiger partial charge >= 0.3 is 0 Å². The molecule has 20 heavy (non-hydrogen) atoms. The minimum Gasteiger partial charge on any atom is -0.340 e. The fourth-order valence-electron chi connectivity index (χ4n) is 1.93. The van der Waals surface area contributed by atoms with Crippen molar-refractivity contribution in [3.8, 4) is 11.1 Å². The monoisotopic (exact) mass is 281 g/mol. The predicted octanol–water partition coefficient (Wildman–Crippen LogP) is 4.54. The first kappa shape index (κ1) is 12.6. The lowest BCUT2D eigenvalue weighted by Crippen LogP contribution is -1.94. The molecule has 0 aliphatic carbocycles. The molecule has 0 unspecified atom stereocenters. The van der Waals surface area contributed by atoms with E-state index in [-0.39, 0.29) is 5.28 Å². The number of aromatic nitrogens is 2. The third-order valence-electron chi connectivity index (χ3n) is 2.89. The van der Waals surface area contributed by atoms with Gasteiger partial charge in [-0.2, -0.15) is 0 Å². The van der Waals surface area contributed by atoms with Gasteiger partial charge in [-0.3, -0.25) is 0 Å². The van der Waals surface area contributed by atoms with E-state index in [2.05, 4.69) is 39.6 Å². The van der Waals surface area contributed by atoms with E-state index in [1.165, 1.54) is 11.1 Å². The Morgan fingerprint density at radius 2 is 1.50 bits per heavy atom. The van der Waals surface area contributed by atoms with Crippen molar-refractivity contribution in [2.75, 3.05) is 5.32 Å². The second-order valence-corrected chi connectivity index (χ2v) is 4.62. The molecule has 0 saturated heterocycles. The molecule has 0 radical (unpaired) electrons. The van der Waals surface area contributed by atoms with Crippen LogP contribution in [0.2, 0.25) is 5.28 Å². The van der Waals surface area contributed by atoms with Gasteiger partial charge in [0, 0.05) is 11.9 Å². The smallest absolute Gasteiger partial charge is 0.224 e. The van der Waals surface area contributed by atoms with Gasteiger partial charge in [0.05, 0.1) is 0 Å². The van der Waals surface area contributed by atoms with E-state index in [4.69, 9.17) is 11.6 Å². The van der Waals surface area contributed by atoms with Crippen LogP contribution in [0.4, 0.5) is 11.5 Å². The molecule has 0 aliphatic heterocycles. The highest BCUT2D eigenvalue weighted by atomic mass is 35.5. The topological polar surface area (TPSA) is 37.8 Å². The van der Waals surface area contributed by atoms with Crippen molar-refractivity contribution < 1.29 is 0 Å². The molecular weight excluding hydrogens is 270 g/mol. The van der Waals surface area contributed by atoms with Crippen molar-refractivity contribution in [1.29, 1.82) is 0 Å². The van der Waals surface area contributed by atoms with Gasteiger partial charge in [0.15, 0.2) is 0 Å². The van der Waals surface area contributed by atoms with E-state index in [9.17, 15) is 0 Å². The van der Waals surface area contributed by atoms with Crippen LogP contribution in [0.1, 0.15) is 0 Å². The summed E-state index contributed by atoms with van der Waals surface area (Å²) >= 11 is 5.75. The molecule has 0 atom stereocenters. The molecule has 1 heterocycles. The van der Waals surface area contributed by atoms with Gasteiger partial charge < -0.3 is 5.32 Å². The Morgan fingerprint density at radius 1 is 0.800 bits per heavy atom. The first-order valence-corrected chi connectivity index (χ1v) is 6.60. The fraction of sp³-hybridized carbons (Fsp3) is 0. The quantitative estimate of drug-likeness (QED) is 0.716. The zero-order chi connectivity index (χ0) is 13.8. The SMILES string of the molecule is Clc1nccc(Nc2ccc(-c3ccccc3)cc2)n1. The molecular formula is C16H12ClN3. The molecule has 98 valence electrons. The van der Waals surface area contributed by atoms with E-state index in [0.29, 0.717) is 5.82 Å². The molecule has 0 aliphatic rings. The second kappa shape index (κ2) is 5.72. The second-order valence-electron chi connectivity index (χ2n) is 4.28. The van der Waals surface area contributed by atoms with Gasteiger partial charge in [-0.15, -0.1) is 0 Å². The Bertz CT molecular complexity index is 696. The molecule has 1 N–H and O–H groups in total. The number of hydrogen-bond acceptors (Lipinski definition) is 3. The molecule has 2 aromatic carbocycles. The van der Waals surface area contributed by atoms with Crippen molar-refractivity contribution in [2.24, 2.45) is 0 Å². The number of benzene rings is 2. The van der Waals surface area contributed by atoms with Crippen molar-refractivity contribution in [2.45, 2.75) is 0 Å². The third kappa shape index (κ3) is 2.95. The normalized spacial score (nSPS) is 10.2. The molecule has 0 saturated carbocycles. The lowest BCUT2D eigenvalue weighted by Gasteiger charge is -2.07. The molecule has 3 rings (SSSR count). The number of rotatable bonds is 3. The summed E-state index contributed by atoms with van der Waals surface area (Å²) in [5.41, 5.74) is 3.33. The summed E-state index contributed by atoms with van der Waals surface area (Å²) in [6.07, 6.45) is 1.62.